The SMILES string of the molecule is c1nnn(CC2CC3(CC3)CO2)n1. The predicted octanol–water partition coefficient (Wildman–Crippen LogP) is 0.242. The third-order valence-corrected chi connectivity index (χ3v) is 3.00. The molecule has 3 rings (SSSR count). The van der Waals surface area contributed by atoms with E-state index in [9.17, 15) is 0 Å². The second-order valence-electron chi connectivity index (χ2n) is 4.13. The van der Waals surface area contributed by atoms with Crippen LogP contribution in [-0.2, 0) is 11.3 Å². The van der Waals surface area contributed by atoms with Crippen LogP contribution in [0.15, 0.2) is 6.33 Å². The molecule has 2 aliphatic rings. The quantitative estimate of drug-likeness (QED) is 0.654. The molecule has 1 spiro atoms. The Labute approximate surface area is 76.1 Å². The second-order valence-corrected chi connectivity index (χ2v) is 4.13. The predicted molar refractivity (Wildman–Crippen MR) is 43.8 cm³/mol. The number of rotatable bonds is 2. The summed E-state index contributed by atoms with van der Waals surface area (Å²) < 4.78 is 5.68. The molecule has 1 unspecified atom stereocenters. The molecule has 13 heavy (non-hydrogen) atoms. The summed E-state index contributed by atoms with van der Waals surface area (Å²) in [5.74, 6) is 0. The number of hydrogen-bond acceptors (Lipinski definition) is 4. The number of tetrazole rings is 1. The molecule has 70 valence electrons. The first kappa shape index (κ1) is 7.44. The normalized spacial score (nSPS) is 29.7. The van der Waals surface area contributed by atoms with Crippen LogP contribution in [0, 0.1) is 5.41 Å². The molecule has 2 heterocycles. The first-order chi connectivity index (χ1) is 6.36. The van der Waals surface area contributed by atoms with Crippen LogP contribution in [0.4, 0.5) is 0 Å². The van der Waals surface area contributed by atoms with Crippen molar-refractivity contribution in [2.24, 2.45) is 5.41 Å². The highest BCUT2D eigenvalue weighted by atomic mass is 16.5. The van der Waals surface area contributed by atoms with Gasteiger partial charge in [-0.05, 0) is 29.9 Å². The zero-order valence-corrected chi connectivity index (χ0v) is 7.39. The number of aromatic nitrogens is 4. The Balaban J connectivity index is 1.62. The molecule has 2 fully saturated rings. The van der Waals surface area contributed by atoms with Crippen molar-refractivity contribution < 1.29 is 4.74 Å². The standard InChI is InChI=1S/C8H12N4O/c1-2-8(1)3-7(13-5-8)4-12-10-6-9-11-12/h6-7H,1-5H2. The van der Waals surface area contributed by atoms with E-state index in [1.165, 1.54) is 25.6 Å². The van der Waals surface area contributed by atoms with E-state index >= 15 is 0 Å². The molecule has 1 atom stereocenters. The van der Waals surface area contributed by atoms with Gasteiger partial charge in [-0.3, -0.25) is 0 Å². The average Bonchev–Trinajstić information content (AvgIpc) is 2.58. The maximum absolute atomic E-state index is 5.68. The van der Waals surface area contributed by atoms with Crippen LogP contribution < -0.4 is 0 Å². The molecule has 1 saturated carbocycles. The summed E-state index contributed by atoms with van der Waals surface area (Å²) in [5, 5.41) is 11.4. The Kier molecular flexibility index (Phi) is 1.44. The van der Waals surface area contributed by atoms with Crippen LogP contribution in [-0.4, -0.2) is 32.9 Å². The number of ether oxygens (including phenoxy) is 1. The van der Waals surface area contributed by atoms with Gasteiger partial charge in [-0.2, -0.15) is 4.80 Å². The highest BCUT2D eigenvalue weighted by Gasteiger charge is 2.49. The summed E-state index contributed by atoms with van der Waals surface area (Å²) in [5.41, 5.74) is 0.547. The van der Waals surface area contributed by atoms with Crippen molar-refractivity contribution in [2.75, 3.05) is 6.61 Å². The van der Waals surface area contributed by atoms with E-state index in [0.29, 0.717) is 11.5 Å². The van der Waals surface area contributed by atoms with Gasteiger partial charge in [-0.1, -0.05) is 0 Å². The van der Waals surface area contributed by atoms with Crippen molar-refractivity contribution in [3.05, 3.63) is 6.33 Å². The van der Waals surface area contributed by atoms with Gasteiger partial charge < -0.3 is 4.74 Å². The lowest BCUT2D eigenvalue weighted by Gasteiger charge is -2.06. The molecule has 0 amide bonds. The summed E-state index contributed by atoms with van der Waals surface area (Å²) in [4.78, 5) is 1.60. The topological polar surface area (TPSA) is 52.8 Å². The van der Waals surface area contributed by atoms with Crippen molar-refractivity contribution >= 4 is 0 Å². The lowest BCUT2D eigenvalue weighted by Crippen LogP contribution is -2.17. The van der Waals surface area contributed by atoms with Gasteiger partial charge in [0.1, 0.15) is 0 Å². The molecule has 0 bridgehead atoms. The second kappa shape index (κ2) is 2.51. The minimum absolute atomic E-state index is 0.302. The Morgan fingerprint density at radius 2 is 2.46 bits per heavy atom. The first-order valence-electron chi connectivity index (χ1n) is 4.69. The van der Waals surface area contributed by atoms with Crippen LogP contribution in [0.3, 0.4) is 0 Å². The highest BCUT2D eigenvalue weighted by Crippen LogP contribution is 2.53. The lowest BCUT2D eigenvalue weighted by molar-refractivity contribution is 0.0855. The lowest BCUT2D eigenvalue weighted by atomic mass is 10.0. The fourth-order valence-electron chi connectivity index (χ4n) is 1.99. The third kappa shape index (κ3) is 1.33. The molecule has 5 nitrogen and oxygen atoms in total. The van der Waals surface area contributed by atoms with Gasteiger partial charge in [0.2, 0.25) is 0 Å². The maximum atomic E-state index is 5.68. The van der Waals surface area contributed by atoms with E-state index in [0.717, 1.165) is 13.2 Å². The van der Waals surface area contributed by atoms with Crippen molar-refractivity contribution in [2.45, 2.75) is 31.9 Å². The van der Waals surface area contributed by atoms with Crippen LogP contribution >= 0.6 is 0 Å². The van der Waals surface area contributed by atoms with Crippen molar-refractivity contribution in [3.8, 4) is 0 Å². The van der Waals surface area contributed by atoms with E-state index in [2.05, 4.69) is 15.4 Å². The van der Waals surface area contributed by atoms with E-state index in [1.807, 2.05) is 0 Å². The van der Waals surface area contributed by atoms with E-state index in [1.54, 1.807) is 4.80 Å². The molecule has 5 heteroatoms. The largest absolute Gasteiger partial charge is 0.376 e. The number of hydrogen-bond donors (Lipinski definition) is 0. The van der Waals surface area contributed by atoms with E-state index < -0.39 is 0 Å². The monoisotopic (exact) mass is 180 g/mol. The highest BCUT2D eigenvalue weighted by molar-refractivity contribution is 4.98. The van der Waals surface area contributed by atoms with E-state index in [-0.39, 0.29) is 0 Å². The molecule has 0 aromatic carbocycles. The summed E-state index contributed by atoms with van der Waals surface area (Å²) in [7, 11) is 0. The Morgan fingerprint density at radius 3 is 3.08 bits per heavy atom. The van der Waals surface area contributed by atoms with Gasteiger partial charge in [-0.25, -0.2) is 0 Å². The third-order valence-electron chi connectivity index (χ3n) is 3.00. The first-order valence-corrected chi connectivity index (χ1v) is 4.69. The molecular weight excluding hydrogens is 168 g/mol. The van der Waals surface area contributed by atoms with Gasteiger partial charge in [0.25, 0.3) is 0 Å². The smallest absolute Gasteiger partial charge is 0.162 e. The van der Waals surface area contributed by atoms with Crippen LogP contribution in [0.2, 0.25) is 0 Å². The summed E-state index contributed by atoms with van der Waals surface area (Å²) in [6, 6.07) is 0. The van der Waals surface area contributed by atoms with Gasteiger partial charge in [0.15, 0.2) is 6.33 Å². The fourth-order valence-corrected chi connectivity index (χ4v) is 1.99. The van der Waals surface area contributed by atoms with Gasteiger partial charge in [0.05, 0.1) is 19.3 Å². The van der Waals surface area contributed by atoms with Crippen molar-refractivity contribution in [1.29, 1.82) is 0 Å². The zero-order chi connectivity index (χ0) is 8.73. The number of nitrogens with zero attached hydrogens (tertiary/aromatic N) is 4. The van der Waals surface area contributed by atoms with Crippen LogP contribution in [0.5, 0.6) is 0 Å². The van der Waals surface area contributed by atoms with Crippen LogP contribution in [0.25, 0.3) is 0 Å². The fraction of sp³-hybridized carbons (Fsp3) is 0.875. The average molecular weight is 180 g/mol. The summed E-state index contributed by atoms with van der Waals surface area (Å²) >= 11 is 0. The minimum atomic E-state index is 0.302. The zero-order valence-electron chi connectivity index (χ0n) is 7.39. The van der Waals surface area contributed by atoms with Crippen molar-refractivity contribution in [3.63, 3.8) is 0 Å². The molecule has 1 saturated heterocycles. The van der Waals surface area contributed by atoms with Crippen molar-refractivity contribution in [1.82, 2.24) is 20.2 Å². The summed E-state index contributed by atoms with van der Waals surface area (Å²) in [6.45, 7) is 1.69. The molecule has 1 aromatic heterocycles. The molecule has 0 N–H and O–H groups in total. The molecule has 0 radical (unpaired) electrons. The molecule has 1 aliphatic heterocycles. The summed E-state index contributed by atoms with van der Waals surface area (Å²) in [6.07, 6.45) is 5.62. The molecular formula is C8H12N4O. The van der Waals surface area contributed by atoms with Gasteiger partial charge >= 0.3 is 0 Å². The van der Waals surface area contributed by atoms with Crippen LogP contribution in [0.1, 0.15) is 19.3 Å². The minimum Gasteiger partial charge on any atom is -0.376 e. The Morgan fingerprint density at radius 1 is 1.54 bits per heavy atom. The molecule has 1 aromatic rings. The maximum Gasteiger partial charge on any atom is 0.162 e. The Hall–Kier alpha value is -0.970. The van der Waals surface area contributed by atoms with Gasteiger partial charge in [-0.15, -0.1) is 10.2 Å². The van der Waals surface area contributed by atoms with E-state index in [4.69, 9.17) is 4.74 Å². The van der Waals surface area contributed by atoms with Gasteiger partial charge in [0, 0.05) is 0 Å². The Bertz CT molecular complexity index is 293. The molecule has 1 aliphatic carbocycles.